The van der Waals surface area contributed by atoms with E-state index in [1.807, 2.05) is 18.2 Å². The highest BCUT2D eigenvalue weighted by atomic mass is 16.1. The van der Waals surface area contributed by atoms with Gasteiger partial charge in [-0.15, -0.1) is 0 Å². The van der Waals surface area contributed by atoms with Crippen molar-refractivity contribution in [2.45, 2.75) is 27.2 Å². The SMILES string of the molecule is CC(C)(C)CC(CN)C(=O)Nc1cccc2[nH]ncc12. The highest BCUT2D eigenvalue weighted by Gasteiger charge is 2.24. The maximum atomic E-state index is 12.4. The van der Waals surface area contributed by atoms with Gasteiger partial charge in [-0.2, -0.15) is 5.10 Å². The number of aromatic amines is 1. The molecule has 1 aromatic heterocycles. The lowest BCUT2D eigenvalue weighted by atomic mass is 9.84. The van der Waals surface area contributed by atoms with E-state index in [2.05, 4.69) is 36.3 Å². The van der Waals surface area contributed by atoms with Crippen LogP contribution in [-0.2, 0) is 4.79 Å². The minimum Gasteiger partial charge on any atom is -0.330 e. The quantitative estimate of drug-likeness (QED) is 0.801. The van der Waals surface area contributed by atoms with Crippen LogP contribution >= 0.6 is 0 Å². The fourth-order valence-electron chi connectivity index (χ4n) is 2.33. The van der Waals surface area contributed by atoms with E-state index in [-0.39, 0.29) is 17.2 Å². The molecule has 0 aliphatic rings. The Hall–Kier alpha value is -1.88. The molecule has 0 saturated heterocycles. The summed E-state index contributed by atoms with van der Waals surface area (Å²) in [5.41, 5.74) is 7.50. The first kappa shape index (κ1) is 14.5. The molecule has 0 saturated carbocycles. The van der Waals surface area contributed by atoms with E-state index in [4.69, 9.17) is 5.73 Å². The van der Waals surface area contributed by atoms with E-state index in [1.165, 1.54) is 0 Å². The molecule has 1 atom stereocenters. The van der Waals surface area contributed by atoms with Crippen LogP contribution in [-0.4, -0.2) is 22.6 Å². The number of carbonyl (C=O) groups is 1. The first-order valence-electron chi connectivity index (χ1n) is 6.84. The normalized spacial score (nSPS) is 13.4. The highest BCUT2D eigenvalue weighted by Crippen LogP contribution is 2.26. The Morgan fingerprint density at radius 3 is 2.85 bits per heavy atom. The number of amides is 1. The van der Waals surface area contributed by atoms with Crippen molar-refractivity contribution < 1.29 is 4.79 Å². The van der Waals surface area contributed by atoms with Gasteiger partial charge in [0.15, 0.2) is 0 Å². The summed E-state index contributed by atoms with van der Waals surface area (Å²) in [7, 11) is 0. The number of fused-ring (bicyclic) bond motifs is 1. The summed E-state index contributed by atoms with van der Waals surface area (Å²) < 4.78 is 0. The van der Waals surface area contributed by atoms with Crippen LogP contribution in [0.1, 0.15) is 27.2 Å². The average Bonchev–Trinajstić information content (AvgIpc) is 2.84. The van der Waals surface area contributed by atoms with Crippen molar-refractivity contribution in [1.29, 1.82) is 0 Å². The first-order chi connectivity index (χ1) is 9.40. The van der Waals surface area contributed by atoms with Crippen molar-refractivity contribution in [3.63, 3.8) is 0 Å². The van der Waals surface area contributed by atoms with Crippen molar-refractivity contribution in [2.75, 3.05) is 11.9 Å². The molecule has 0 radical (unpaired) electrons. The van der Waals surface area contributed by atoms with Crippen LogP contribution in [0.3, 0.4) is 0 Å². The van der Waals surface area contributed by atoms with E-state index < -0.39 is 0 Å². The summed E-state index contributed by atoms with van der Waals surface area (Å²) >= 11 is 0. The third-order valence-electron chi connectivity index (χ3n) is 3.26. The Morgan fingerprint density at radius 1 is 1.45 bits per heavy atom. The molecule has 1 amide bonds. The van der Waals surface area contributed by atoms with Crippen molar-refractivity contribution in [3.05, 3.63) is 24.4 Å². The molecular formula is C15H22N4O. The second kappa shape index (κ2) is 5.63. The van der Waals surface area contributed by atoms with E-state index in [1.54, 1.807) is 6.20 Å². The molecule has 20 heavy (non-hydrogen) atoms. The number of benzene rings is 1. The Bertz CT molecular complexity index is 597. The van der Waals surface area contributed by atoms with Gasteiger partial charge >= 0.3 is 0 Å². The Labute approximate surface area is 118 Å². The molecule has 4 N–H and O–H groups in total. The second-order valence-electron chi connectivity index (χ2n) is 6.32. The summed E-state index contributed by atoms with van der Waals surface area (Å²) in [6, 6.07) is 5.69. The van der Waals surface area contributed by atoms with Crippen molar-refractivity contribution >= 4 is 22.5 Å². The van der Waals surface area contributed by atoms with Gasteiger partial charge < -0.3 is 11.1 Å². The predicted octanol–water partition coefficient (Wildman–Crippen LogP) is 2.51. The number of rotatable bonds is 4. The summed E-state index contributed by atoms with van der Waals surface area (Å²) in [4.78, 5) is 12.4. The van der Waals surface area contributed by atoms with E-state index in [9.17, 15) is 4.79 Å². The minimum absolute atomic E-state index is 0.0314. The van der Waals surface area contributed by atoms with Gasteiger partial charge in [0.1, 0.15) is 0 Å². The van der Waals surface area contributed by atoms with Crippen LogP contribution in [0.4, 0.5) is 5.69 Å². The van der Waals surface area contributed by atoms with Gasteiger partial charge in [0.25, 0.3) is 0 Å². The number of hydrogen-bond donors (Lipinski definition) is 3. The number of anilines is 1. The second-order valence-corrected chi connectivity index (χ2v) is 6.32. The number of carbonyl (C=O) groups excluding carboxylic acids is 1. The molecule has 0 aliphatic carbocycles. The first-order valence-corrected chi connectivity index (χ1v) is 6.84. The van der Waals surface area contributed by atoms with Gasteiger partial charge in [-0.3, -0.25) is 9.89 Å². The van der Waals surface area contributed by atoms with E-state index >= 15 is 0 Å². The van der Waals surface area contributed by atoms with E-state index in [0.717, 1.165) is 23.0 Å². The third-order valence-corrected chi connectivity index (χ3v) is 3.26. The lowest BCUT2D eigenvalue weighted by Gasteiger charge is -2.24. The zero-order valence-corrected chi connectivity index (χ0v) is 12.2. The third kappa shape index (κ3) is 3.36. The molecule has 0 spiro atoms. The molecule has 1 heterocycles. The molecule has 1 aromatic carbocycles. The zero-order chi connectivity index (χ0) is 14.8. The number of H-pyrrole nitrogens is 1. The Morgan fingerprint density at radius 2 is 2.20 bits per heavy atom. The van der Waals surface area contributed by atoms with Gasteiger partial charge in [0.05, 0.1) is 23.3 Å². The summed E-state index contributed by atoms with van der Waals surface area (Å²) in [6.07, 6.45) is 2.48. The molecule has 2 rings (SSSR count). The Kier molecular flexibility index (Phi) is 4.09. The predicted molar refractivity (Wildman–Crippen MR) is 81.3 cm³/mol. The number of nitrogens with one attached hydrogen (secondary N) is 2. The van der Waals surface area contributed by atoms with Gasteiger partial charge in [0, 0.05) is 11.9 Å². The lowest BCUT2D eigenvalue weighted by molar-refractivity contribution is -0.120. The van der Waals surface area contributed by atoms with Gasteiger partial charge in [-0.25, -0.2) is 0 Å². The zero-order valence-electron chi connectivity index (χ0n) is 12.2. The fourth-order valence-corrected chi connectivity index (χ4v) is 2.33. The van der Waals surface area contributed by atoms with Crippen LogP contribution < -0.4 is 11.1 Å². The van der Waals surface area contributed by atoms with Gasteiger partial charge in [-0.05, 0) is 24.0 Å². The van der Waals surface area contributed by atoms with Crippen molar-refractivity contribution in [1.82, 2.24) is 10.2 Å². The van der Waals surface area contributed by atoms with Crippen LogP contribution in [0.2, 0.25) is 0 Å². The number of hydrogen-bond acceptors (Lipinski definition) is 3. The van der Waals surface area contributed by atoms with E-state index in [0.29, 0.717) is 6.54 Å². The molecule has 0 fully saturated rings. The monoisotopic (exact) mass is 274 g/mol. The van der Waals surface area contributed by atoms with Gasteiger partial charge in [-0.1, -0.05) is 26.8 Å². The maximum Gasteiger partial charge on any atom is 0.228 e. The average molecular weight is 274 g/mol. The van der Waals surface area contributed by atoms with Crippen molar-refractivity contribution in [3.8, 4) is 0 Å². The maximum absolute atomic E-state index is 12.4. The van der Waals surface area contributed by atoms with Crippen LogP contribution in [0.5, 0.6) is 0 Å². The molecule has 0 bridgehead atoms. The molecule has 0 aliphatic heterocycles. The summed E-state index contributed by atoms with van der Waals surface area (Å²) in [5, 5.41) is 10.8. The number of nitrogens with two attached hydrogens (primary N) is 1. The lowest BCUT2D eigenvalue weighted by Crippen LogP contribution is -2.32. The number of nitrogens with zero attached hydrogens (tertiary/aromatic N) is 1. The molecule has 5 nitrogen and oxygen atoms in total. The summed E-state index contributed by atoms with van der Waals surface area (Å²) in [6.45, 7) is 6.68. The topological polar surface area (TPSA) is 83.8 Å². The minimum atomic E-state index is -0.183. The van der Waals surface area contributed by atoms with Crippen LogP contribution in [0, 0.1) is 11.3 Å². The number of aromatic nitrogens is 2. The molecule has 1 unspecified atom stereocenters. The smallest absolute Gasteiger partial charge is 0.228 e. The molecule has 5 heteroatoms. The Balaban J connectivity index is 2.16. The van der Waals surface area contributed by atoms with Gasteiger partial charge in [0.2, 0.25) is 5.91 Å². The van der Waals surface area contributed by atoms with Crippen molar-refractivity contribution in [2.24, 2.45) is 17.1 Å². The molecule has 2 aromatic rings. The fraction of sp³-hybridized carbons (Fsp3) is 0.467. The molecular weight excluding hydrogens is 252 g/mol. The van der Waals surface area contributed by atoms with Crippen LogP contribution in [0.25, 0.3) is 10.9 Å². The van der Waals surface area contributed by atoms with Crippen LogP contribution in [0.15, 0.2) is 24.4 Å². The highest BCUT2D eigenvalue weighted by molar-refractivity contribution is 6.01. The standard InChI is InChI=1S/C15H22N4O/c1-15(2,3)7-10(8-16)14(20)18-12-5-4-6-13-11(12)9-17-19-13/h4-6,9-10H,7-8,16H2,1-3H3,(H,17,19)(H,18,20). The largest absolute Gasteiger partial charge is 0.330 e. The summed E-state index contributed by atoms with van der Waals surface area (Å²) in [5.74, 6) is -0.215. The molecule has 108 valence electrons.